The molecule has 4 atom stereocenters. The molecular weight excluding hydrogens is 396 g/mol. The van der Waals surface area contributed by atoms with E-state index in [0.717, 1.165) is 24.2 Å². The van der Waals surface area contributed by atoms with E-state index in [9.17, 15) is 4.79 Å². The Morgan fingerprint density at radius 3 is 2.69 bits per heavy atom. The Hall–Kier alpha value is -1.55. The number of nitrogens with zero attached hydrogens (tertiary/aromatic N) is 2. The van der Waals surface area contributed by atoms with Crippen molar-refractivity contribution in [3.8, 4) is 0 Å². The van der Waals surface area contributed by atoms with Gasteiger partial charge in [-0.15, -0.1) is 0 Å². The van der Waals surface area contributed by atoms with Gasteiger partial charge in [-0.2, -0.15) is 0 Å². The fourth-order valence-corrected chi connectivity index (χ4v) is 7.67. The third kappa shape index (κ3) is 4.32. The molecule has 1 aromatic rings. The average Bonchev–Trinajstić information content (AvgIpc) is 3.05. The van der Waals surface area contributed by atoms with Crippen LogP contribution in [0.5, 0.6) is 0 Å². The zero-order valence-electron chi connectivity index (χ0n) is 20.2. The second-order valence-electron chi connectivity index (χ2n) is 11.3. The summed E-state index contributed by atoms with van der Waals surface area (Å²) >= 11 is 0. The number of likely N-dealkylation sites (tertiary alicyclic amines) is 1. The molecule has 1 aliphatic heterocycles. The van der Waals surface area contributed by atoms with E-state index >= 15 is 0 Å². The van der Waals surface area contributed by atoms with Crippen molar-refractivity contribution in [3.63, 3.8) is 0 Å². The molecule has 3 aliphatic carbocycles. The molecule has 4 aliphatic rings. The van der Waals surface area contributed by atoms with Crippen LogP contribution >= 0.6 is 0 Å². The fraction of sp³-hybridized carbons (Fsp3) is 0.750. The minimum atomic E-state index is -0.194. The Balaban J connectivity index is 1.24. The molecule has 2 bridgehead atoms. The molecule has 32 heavy (non-hydrogen) atoms. The van der Waals surface area contributed by atoms with Crippen molar-refractivity contribution in [1.29, 1.82) is 0 Å². The van der Waals surface area contributed by atoms with Gasteiger partial charge in [0.2, 0.25) is 0 Å². The van der Waals surface area contributed by atoms with Gasteiger partial charge in [0.25, 0.3) is 0 Å². The molecule has 176 valence electrons. The molecule has 2 saturated carbocycles. The van der Waals surface area contributed by atoms with Crippen LogP contribution in [0.1, 0.15) is 88.3 Å². The summed E-state index contributed by atoms with van der Waals surface area (Å²) in [6.07, 6.45) is 13.7. The molecule has 0 aromatic heterocycles. The maximum Gasteiger partial charge on any atom is 0.410 e. The summed E-state index contributed by atoms with van der Waals surface area (Å²) in [7, 11) is 1.91. The normalized spacial score (nSPS) is 31.7. The summed E-state index contributed by atoms with van der Waals surface area (Å²) < 4.78 is 5.33. The summed E-state index contributed by atoms with van der Waals surface area (Å²) in [6, 6.07) is 9.01. The van der Waals surface area contributed by atoms with Crippen LogP contribution in [0.4, 0.5) is 4.79 Å². The van der Waals surface area contributed by atoms with Crippen LogP contribution in [0.2, 0.25) is 0 Å². The van der Waals surface area contributed by atoms with Crippen LogP contribution in [0.15, 0.2) is 24.3 Å². The number of piperidine rings is 1. The Labute approximate surface area is 194 Å². The predicted molar refractivity (Wildman–Crippen MR) is 129 cm³/mol. The minimum absolute atomic E-state index is 0.137. The summed E-state index contributed by atoms with van der Waals surface area (Å²) in [5, 5.41) is 0. The molecule has 0 unspecified atom stereocenters. The lowest BCUT2D eigenvalue weighted by molar-refractivity contribution is 0.0880. The molecule has 3 fully saturated rings. The lowest BCUT2D eigenvalue weighted by Gasteiger charge is -2.42. The maximum absolute atomic E-state index is 12.5. The van der Waals surface area contributed by atoms with Gasteiger partial charge >= 0.3 is 6.09 Å². The van der Waals surface area contributed by atoms with Crippen molar-refractivity contribution in [3.05, 3.63) is 35.4 Å². The fourth-order valence-electron chi connectivity index (χ4n) is 7.67. The van der Waals surface area contributed by atoms with Crippen molar-refractivity contribution in [2.75, 3.05) is 33.3 Å². The number of carbonyl (C=O) groups is 1. The first-order valence-electron chi connectivity index (χ1n) is 13.3. The molecule has 1 spiro atoms. The van der Waals surface area contributed by atoms with Gasteiger partial charge in [0.1, 0.15) is 0 Å². The van der Waals surface area contributed by atoms with Gasteiger partial charge in [0.15, 0.2) is 0 Å². The molecule has 1 aromatic carbocycles. The van der Waals surface area contributed by atoms with Gasteiger partial charge in [0.05, 0.1) is 12.6 Å². The highest BCUT2D eigenvalue weighted by molar-refractivity contribution is 5.68. The summed E-state index contributed by atoms with van der Waals surface area (Å²) in [5.74, 6) is 2.96. The number of fused-ring (bicyclic) bond motifs is 4. The lowest BCUT2D eigenvalue weighted by atomic mass is 9.73. The highest BCUT2D eigenvalue weighted by Gasteiger charge is 2.47. The second-order valence-corrected chi connectivity index (χ2v) is 11.3. The van der Waals surface area contributed by atoms with Gasteiger partial charge in [-0.05, 0) is 87.4 Å². The first kappa shape index (κ1) is 22.3. The number of ether oxygens (including phenoxy) is 1. The van der Waals surface area contributed by atoms with Crippen molar-refractivity contribution < 1.29 is 9.53 Å². The second kappa shape index (κ2) is 9.37. The highest BCUT2D eigenvalue weighted by Crippen LogP contribution is 2.52. The minimum Gasteiger partial charge on any atom is -0.450 e. The standard InChI is InChI=1S/C28H42N2O2/c1-3-32-27(31)29(2)26-19-28(25-10-5-4-9-24(25)26)13-15-30(16-14-28)20-23-12-11-21-7-6-8-22(17-21)18-23/h4-5,9-10,21-23,26H,3,6-8,11-20H2,1-2H3/t21-,22+,23+,26+/m1/s1. The van der Waals surface area contributed by atoms with Gasteiger partial charge in [-0.3, -0.25) is 0 Å². The molecule has 0 N–H and O–H groups in total. The highest BCUT2D eigenvalue weighted by atomic mass is 16.6. The van der Waals surface area contributed by atoms with Gasteiger partial charge in [-0.1, -0.05) is 49.9 Å². The van der Waals surface area contributed by atoms with Crippen LogP contribution in [0.3, 0.4) is 0 Å². The van der Waals surface area contributed by atoms with Crippen molar-refractivity contribution in [1.82, 2.24) is 9.80 Å². The Morgan fingerprint density at radius 2 is 1.88 bits per heavy atom. The number of rotatable bonds is 4. The molecule has 5 rings (SSSR count). The zero-order valence-corrected chi connectivity index (χ0v) is 20.2. The van der Waals surface area contributed by atoms with Crippen LogP contribution in [0, 0.1) is 17.8 Å². The Kier molecular flexibility index (Phi) is 6.51. The zero-order chi connectivity index (χ0) is 22.1. The smallest absolute Gasteiger partial charge is 0.410 e. The molecule has 0 radical (unpaired) electrons. The molecule has 1 saturated heterocycles. The number of hydrogen-bond donors (Lipinski definition) is 0. The SMILES string of the molecule is CCOC(=O)N(C)[C@H]1CC2(CCN(C[C@H]3CC[C@H]4CCC[C@@H](C4)C3)CC2)c2ccccc21. The van der Waals surface area contributed by atoms with Gasteiger partial charge in [0, 0.05) is 19.0 Å². The van der Waals surface area contributed by atoms with E-state index in [0.29, 0.717) is 6.61 Å². The number of carbonyl (C=O) groups excluding carboxylic acids is 1. The average molecular weight is 439 g/mol. The summed E-state index contributed by atoms with van der Waals surface area (Å²) in [4.78, 5) is 17.1. The largest absolute Gasteiger partial charge is 0.450 e. The van der Waals surface area contributed by atoms with Crippen LogP contribution in [0.25, 0.3) is 0 Å². The van der Waals surface area contributed by atoms with Crippen LogP contribution < -0.4 is 0 Å². The van der Waals surface area contributed by atoms with E-state index in [1.165, 1.54) is 88.5 Å². The summed E-state index contributed by atoms with van der Waals surface area (Å²) in [6.45, 7) is 6.03. The first-order valence-corrected chi connectivity index (χ1v) is 13.3. The monoisotopic (exact) mass is 438 g/mol. The number of hydrogen-bond acceptors (Lipinski definition) is 3. The van der Waals surface area contributed by atoms with Crippen molar-refractivity contribution in [2.45, 2.75) is 82.6 Å². The maximum atomic E-state index is 12.5. The molecule has 1 heterocycles. The Morgan fingerprint density at radius 1 is 1.09 bits per heavy atom. The molecule has 4 heteroatoms. The quantitative estimate of drug-likeness (QED) is 0.564. The van der Waals surface area contributed by atoms with E-state index in [4.69, 9.17) is 4.74 Å². The molecular formula is C28H42N2O2. The van der Waals surface area contributed by atoms with Crippen molar-refractivity contribution >= 4 is 6.09 Å². The number of benzene rings is 1. The molecule has 1 amide bonds. The van der Waals surface area contributed by atoms with E-state index in [-0.39, 0.29) is 17.6 Å². The van der Waals surface area contributed by atoms with Gasteiger partial charge < -0.3 is 14.5 Å². The van der Waals surface area contributed by atoms with Crippen molar-refractivity contribution in [2.24, 2.45) is 17.8 Å². The first-order chi connectivity index (χ1) is 15.6. The third-order valence-electron chi connectivity index (χ3n) is 9.37. The van der Waals surface area contributed by atoms with E-state index < -0.39 is 0 Å². The summed E-state index contributed by atoms with van der Waals surface area (Å²) in [5.41, 5.74) is 3.05. The van der Waals surface area contributed by atoms with Crippen LogP contribution in [-0.4, -0.2) is 49.2 Å². The van der Waals surface area contributed by atoms with E-state index in [2.05, 4.69) is 29.2 Å². The topological polar surface area (TPSA) is 32.8 Å². The van der Waals surface area contributed by atoms with E-state index in [1.54, 1.807) is 0 Å². The Bertz CT molecular complexity index is 800. The van der Waals surface area contributed by atoms with E-state index in [1.807, 2.05) is 18.9 Å². The van der Waals surface area contributed by atoms with Crippen LogP contribution in [-0.2, 0) is 10.2 Å². The predicted octanol–water partition coefficient (Wildman–Crippen LogP) is 6.16. The third-order valence-corrected chi connectivity index (χ3v) is 9.37. The molecule has 4 nitrogen and oxygen atoms in total. The number of amides is 1. The lowest BCUT2D eigenvalue weighted by Crippen LogP contribution is -2.44. The van der Waals surface area contributed by atoms with Gasteiger partial charge in [-0.25, -0.2) is 4.79 Å².